The van der Waals surface area contributed by atoms with Gasteiger partial charge in [-0.1, -0.05) is 38.1 Å². The predicted molar refractivity (Wildman–Crippen MR) is 92.1 cm³/mol. The Bertz CT molecular complexity index is 509. The van der Waals surface area contributed by atoms with Crippen LogP contribution in [0.1, 0.15) is 25.0 Å². The van der Waals surface area contributed by atoms with Crippen molar-refractivity contribution in [1.82, 2.24) is 10.6 Å². The summed E-state index contributed by atoms with van der Waals surface area (Å²) < 4.78 is 5.12. The van der Waals surface area contributed by atoms with Gasteiger partial charge in [0, 0.05) is 13.7 Å². The van der Waals surface area contributed by atoms with Crippen LogP contribution in [0, 0.1) is 5.92 Å². The molecule has 0 aliphatic heterocycles. The molecular weight excluding hydrogens is 318 g/mol. The van der Waals surface area contributed by atoms with Gasteiger partial charge in [-0.15, -0.1) is 12.4 Å². The summed E-state index contributed by atoms with van der Waals surface area (Å²) in [6, 6.07) is 7.11. The summed E-state index contributed by atoms with van der Waals surface area (Å²) in [7, 11) is 1.63. The molecule has 0 bridgehead atoms. The van der Waals surface area contributed by atoms with Gasteiger partial charge < -0.3 is 21.1 Å². The lowest BCUT2D eigenvalue weighted by molar-refractivity contribution is -0.127. The molecule has 0 aliphatic rings. The topological polar surface area (TPSA) is 93.5 Å². The van der Waals surface area contributed by atoms with Gasteiger partial charge in [0.05, 0.1) is 19.2 Å². The molecule has 1 aromatic carbocycles. The molecule has 1 aromatic rings. The van der Waals surface area contributed by atoms with E-state index < -0.39 is 6.04 Å². The maximum absolute atomic E-state index is 11.8. The first-order chi connectivity index (χ1) is 10.5. The van der Waals surface area contributed by atoms with Gasteiger partial charge in [-0.25, -0.2) is 0 Å². The number of nitrogens with one attached hydrogen (secondary N) is 2. The van der Waals surface area contributed by atoms with Gasteiger partial charge in [0.15, 0.2) is 0 Å². The fourth-order valence-corrected chi connectivity index (χ4v) is 1.87. The van der Waals surface area contributed by atoms with Crippen molar-refractivity contribution < 1.29 is 14.3 Å². The van der Waals surface area contributed by atoms with Crippen molar-refractivity contribution in [3.8, 4) is 0 Å². The third-order valence-corrected chi connectivity index (χ3v) is 3.34. The number of hydrogen-bond acceptors (Lipinski definition) is 4. The van der Waals surface area contributed by atoms with Gasteiger partial charge in [0.1, 0.15) is 0 Å². The molecule has 6 nitrogen and oxygen atoms in total. The molecule has 0 unspecified atom stereocenters. The number of rotatable bonds is 8. The van der Waals surface area contributed by atoms with Crippen LogP contribution in [-0.4, -0.2) is 31.5 Å². The van der Waals surface area contributed by atoms with E-state index in [2.05, 4.69) is 10.6 Å². The standard InChI is InChI=1S/C16H25N3O3.ClH/c1-11(2)15(17)16(21)19-9-14(20)18-8-12-6-4-5-7-13(12)10-22-3;/h4-7,11,15H,8-10,17H2,1-3H3,(H,18,20)(H,19,21);1H/t15-;/m0./s1. The van der Waals surface area contributed by atoms with E-state index in [1.807, 2.05) is 38.1 Å². The van der Waals surface area contributed by atoms with Gasteiger partial charge in [0.2, 0.25) is 11.8 Å². The lowest BCUT2D eigenvalue weighted by atomic mass is 10.1. The van der Waals surface area contributed by atoms with Gasteiger partial charge in [-0.3, -0.25) is 9.59 Å². The molecule has 0 heterocycles. The van der Waals surface area contributed by atoms with Crippen molar-refractivity contribution in [2.45, 2.75) is 33.0 Å². The lowest BCUT2D eigenvalue weighted by Gasteiger charge is -2.15. The van der Waals surface area contributed by atoms with Gasteiger partial charge in [-0.2, -0.15) is 0 Å². The molecule has 4 N–H and O–H groups in total. The van der Waals surface area contributed by atoms with Crippen LogP contribution in [0.3, 0.4) is 0 Å². The van der Waals surface area contributed by atoms with Crippen LogP contribution >= 0.6 is 12.4 Å². The number of carbonyl (C=O) groups excluding carboxylic acids is 2. The number of ether oxygens (including phenoxy) is 1. The van der Waals surface area contributed by atoms with Crippen molar-refractivity contribution >= 4 is 24.2 Å². The third-order valence-electron chi connectivity index (χ3n) is 3.34. The van der Waals surface area contributed by atoms with E-state index in [1.54, 1.807) is 7.11 Å². The molecule has 2 amide bonds. The van der Waals surface area contributed by atoms with Crippen molar-refractivity contribution in [3.63, 3.8) is 0 Å². The molecule has 0 saturated carbocycles. The van der Waals surface area contributed by atoms with E-state index in [4.69, 9.17) is 10.5 Å². The minimum absolute atomic E-state index is 0. The minimum Gasteiger partial charge on any atom is -0.380 e. The Morgan fingerprint density at radius 3 is 2.35 bits per heavy atom. The highest BCUT2D eigenvalue weighted by atomic mass is 35.5. The number of methoxy groups -OCH3 is 1. The second kappa shape index (κ2) is 11.0. The zero-order chi connectivity index (χ0) is 16.5. The van der Waals surface area contributed by atoms with E-state index in [1.165, 1.54) is 0 Å². The molecule has 7 heteroatoms. The monoisotopic (exact) mass is 343 g/mol. The quantitative estimate of drug-likeness (QED) is 0.655. The summed E-state index contributed by atoms with van der Waals surface area (Å²) >= 11 is 0. The Morgan fingerprint density at radius 2 is 1.78 bits per heavy atom. The highest BCUT2D eigenvalue weighted by Crippen LogP contribution is 2.09. The van der Waals surface area contributed by atoms with Crippen molar-refractivity contribution in [3.05, 3.63) is 35.4 Å². The number of amides is 2. The first-order valence-electron chi connectivity index (χ1n) is 7.31. The predicted octanol–water partition coefficient (Wildman–Crippen LogP) is 0.971. The van der Waals surface area contributed by atoms with Gasteiger partial charge >= 0.3 is 0 Å². The average molecular weight is 344 g/mol. The summed E-state index contributed by atoms with van der Waals surface area (Å²) in [5.41, 5.74) is 7.72. The minimum atomic E-state index is -0.602. The normalized spacial score (nSPS) is 11.5. The molecular formula is C16H26ClN3O3. The van der Waals surface area contributed by atoms with Crippen molar-refractivity contribution in [2.24, 2.45) is 11.7 Å². The van der Waals surface area contributed by atoms with E-state index >= 15 is 0 Å². The molecule has 1 atom stereocenters. The summed E-state index contributed by atoms with van der Waals surface area (Å²) in [5, 5.41) is 5.31. The SMILES string of the molecule is COCc1ccccc1CNC(=O)CNC(=O)[C@@H](N)C(C)C.Cl. The van der Waals surface area contributed by atoms with E-state index in [0.29, 0.717) is 13.2 Å². The van der Waals surface area contributed by atoms with Gasteiger partial charge in [0.25, 0.3) is 0 Å². The maximum atomic E-state index is 11.8. The maximum Gasteiger partial charge on any atom is 0.239 e. The first kappa shape index (κ1) is 21.4. The molecule has 0 fully saturated rings. The molecule has 1 rings (SSSR count). The zero-order valence-corrected chi connectivity index (χ0v) is 14.6. The Balaban J connectivity index is 0.00000484. The Labute approximate surface area is 143 Å². The van der Waals surface area contributed by atoms with Crippen LogP contribution in [-0.2, 0) is 27.5 Å². The van der Waals surface area contributed by atoms with Crippen LogP contribution < -0.4 is 16.4 Å². The zero-order valence-electron chi connectivity index (χ0n) is 13.8. The summed E-state index contributed by atoms with van der Waals surface area (Å²) in [5.74, 6) is -0.537. The van der Waals surface area contributed by atoms with E-state index in [-0.39, 0.29) is 36.7 Å². The molecule has 0 aliphatic carbocycles. The first-order valence-corrected chi connectivity index (χ1v) is 7.31. The van der Waals surface area contributed by atoms with Gasteiger partial charge in [-0.05, 0) is 17.0 Å². The number of benzene rings is 1. The second-order valence-corrected chi connectivity index (χ2v) is 5.47. The van der Waals surface area contributed by atoms with Crippen molar-refractivity contribution in [1.29, 1.82) is 0 Å². The largest absolute Gasteiger partial charge is 0.380 e. The molecule has 0 spiro atoms. The van der Waals surface area contributed by atoms with Crippen LogP contribution in [0.4, 0.5) is 0 Å². The van der Waals surface area contributed by atoms with Crippen molar-refractivity contribution in [2.75, 3.05) is 13.7 Å². The number of halogens is 1. The van der Waals surface area contributed by atoms with E-state index in [9.17, 15) is 9.59 Å². The Kier molecular flexibility index (Phi) is 10.2. The number of carbonyl (C=O) groups is 2. The Morgan fingerprint density at radius 1 is 1.17 bits per heavy atom. The molecule has 23 heavy (non-hydrogen) atoms. The van der Waals surface area contributed by atoms with Crippen LogP contribution in [0.25, 0.3) is 0 Å². The van der Waals surface area contributed by atoms with Crippen LogP contribution in [0.15, 0.2) is 24.3 Å². The third kappa shape index (κ3) is 7.45. The number of hydrogen-bond donors (Lipinski definition) is 3. The molecule has 0 aromatic heterocycles. The summed E-state index contributed by atoms with van der Waals surface area (Å²) in [4.78, 5) is 23.5. The molecule has 0 saturated heterocycles. The fraction of sp³-hybridized carbons (Fsp3) is 0.500. The lowest BCUT2D eigenvalue weighted by Crippen LogP contribution is -2.47. The average Bonchev–Trinajstić information content (AvgIpc) is 2.51. The number of nitrogens with two attached hydrogens (primary N) is 1. The Hall–Kier alpha value is -1.63. The summed E-state index contributed by atoms with van der Waals surface area (Å²) in [6.45, 7) is 4.52. The second-order valence-electron chi connectivity index (χ2n) is 5.47. The highest BCUT2D eigenvalue weighted by molar-refractivity contribution is 5.87. The molecule has 130 valence electrons. The van der Waals surface area contributed by atoms with E-state index in [0.717, 1.165) is 11.1 Å². The summed E-state index contributed by atoms with van der Waals surface area (Å²) in [6.07, 6.45) is 0. The highest BCUT2D eigenvalue weighted by Gasteiger charge is 2.17. The van der Waals surface area contributed by atoms with Crippen LogP contribution in [0.2, 0.25) is 0 Å². The van der Waals surface area contributed by atoms with Crippen LogP contribution in [0.5, 0.6) is 0 Å². The smallest absolute Gasteiger partial charge is 0.239 e. The molecule has 0 radical (unpaired) electrons. The fourth-order valence-electron chi connectivity index (χ4n) is 1.87.